The molecule has 0 fully saturated rings. The number of rotatable bonds is 4. The normalized spacial score (nSPS) is 10.9. The number of aromatic carboxylic acids is 1. The zero-order valence-corrected chi connectivity index (χ0v) is 15.2. The number of nitrogens with one attached hydrogen (secondary N) is 1. The fraction of sp³-hybridized carbons (Fsp3) is 0.0500. The predicted molar refractivity (Wildman–Crippen MR) is 105 cm³/mol. The van der Waals surface area contributed by atoms with Crippen molar-refractivity contribution in [1.82, 2.24) is 9.38 Å². The van der Waals surface area contributed by atoms with Gasteiger partial charge in [0.1, 0.15) is 4.88 Å². The number of aryl methyl sites for hydroxylation is 1. The minimum absolute atomic E-state index is 0.0520. The summed E-state index contributed by atoms with van der Waals surface area (Å²) in [5.74, 6) is -1.44. The van der Waals surface area contributed by atoms with E-state index >= 15 is 0 Å². The number of nitrogens with zero attached hydrogens (tertiary/aromatic N) is 2. The fourth-order valence-corrected chi connectivity index (χ4v) is 3.87. The second-order valence-corrected chi connectivity index (χ2v) is 6.94. The molecule has 2 heterocycles. The quantitative estimate of drug-likeness (QED) is 0.555. The maximum Gasteiger partial charge on any atom is 0.337 e. The van der Waals surface area contributed by atoms with Crippen molar-refractivity contribution in [3.63, 3.8) is 0 Å². The van der Waals surface area contributed by atoms with Gasteiger partial charge in [0.25, 0.3) is 5.91 Å². The van der Waals surface area contributed by atoms with Crippen molar-refractivity contribution < 1.29 is 14.7 Å². The molecule has 0 aliphatic carbocycles. The average molecular weight is 377 g/mol. The summed E-state index contributed by atoms with van der Waals surface area (Å²) < 4.78 is 1.88. The largest absolute Gasteiger partial charge is 0.478 e. The van der Waals surface area contributed by atoms with Gasteiger partial charge in [0.2, 0.25) is 0 Å². The van der Waals surface area contributed by atoms with Crippen molar-refractivity contribution in [1.29, 1.82) is 0 Å². The van der Waals surface area contributed by atoms with E-state index in [0.717, 1.165) is 17.0 Å². The number of carboxylic acids is 1. The van der Waals surface area contributed by atoms with Crippen molar-refractivity contribution in [2.45, 2.75) is 6.92 Å². The number of fused-ring (bicyclic) bond motifs is 1. The number of hydrogen-bond acceptors (Lipinski definition) is 4. The number of amides is 1. The van der Waals surface area contributed by atoms with E-state index in [9.17, 15) is 14.7 Å². The third kappa shape index (κ3) is 3.09. The first-order valence-corrected chi connectivity index (χ1v) is 9.04. The lowest BCUT2D eigenvalue weighted by molar-refractivity contribution is 0.0698. The van der Waals surface area contributed by atoms with E-state index < -0.39 is 5.97 Å². The molecule has 27 heavy (non-hydrogen) atoms. The van der Waals surface area contributed by atoms with Gasteiger partial charge in [0, 0.05) is 17.5 Å². The van der Waals surface area contributed by atoms with E-state index in [0.29, 0.717) is 9.84 Å². The number of anilines is 1. The molecule has 134 valence electrons. The standard InChI is InChI=1S/C20H15N3O3S/c1-12-17(18(24)21-15-10-6-5-9-14(15)19(25)26)27-20-22-16(11-23(12)20)13-7-3-2-4-8-13/h2-11H,1H3,(H,21,24)(H,25,26). The van der Waals surface area contributed by atoms with Gasteiger partial charge in [-0.25, -0.2) is 9.78 Å². The Labute approximate surface area is 158 Å². The molecule has 0 bridgehead atoms. The topological polar surface area (TPSA) is 83.7 Å². The van der Waals surface area contributed by atoms with Crippen LogP contribution in [0.5, 0.6) is 0 Å². The van der Waals surface area contributed by atoms with Crippen molar-refractivity contribution in [2.75, 3.05) is 5.32 Å². The Morgan fingerprint density at radius 1 is 1.07 bits per heavy atom. The molecule has 4 aromatic rings. The van der Waals surface area contributed by atoms with Crippen molar-refractivity contribution in [3.8, 4) is 11.3 Å². The second kappa shape index (κ2) is 6.69. The molecule has 6 nitrogen and oxygen atoms in total. The molecule has 1 amide bonds. The zero-order valence-electron chi connectivity index (χ0n) is 14.3. The highest BCUT2D eigenvalue weighted by molar-refractivity contribution is 7.19. The fourth-order valence-electron chi connectivity index (χ4n) is 2.87. The van der Waals surface area contributed by atoms with Crippen LogP contribution >= 0.6 is 11.3 Å². The number of benzene rings is 2. The maximum absolute atomic E-state index is 12.7. The minimum Gasteiger partial charge on any atom is -0.478 e. The number of aromatic nitrogens is 2. The summed E-state index contributed by atoms with van der Waals surface area (Å²) in [7, 11) is 0. The Hall–Kier alpha value is -3.45. The monoisotopic (exact) mass is 377 g/mol. The molecular weight excluding hydrogens is 362 g/mol. The zero-order chi connectivity index (χ0) is 19.0. The van der Waals surface area contributed by atoms with Crippen LogP contribution in [0.1, 0.15) is 25.7 Å². The van der Waals surface area contributed by atoms with Crippen molar-refractivity contribution >= 4 is 33.9 Å². The van der Waals surface area contributed by atoms with Gasteiger partial charge in [-0.1, -0.05) is 53.8 Å². The highest BCUT2D eigenvalue weighted by Gasteiger charge is 2.20. The van der Waals surface area contributed by atoms with Gasteiger partial charge in [-0.3, -0.25) is 9.20 Å². The number of carbonyl (C=O) groups excluding carboxylic acids is 1. The van der Waals surface area contributed by atoms with Crippen LogP contribution in [0.4, 0.5) is 5.69 Å². The molecule has 0 aliphatic rings. The first-order valence-electron chi connectivity index (χ1n) is 8.22. The summed E-state index contributed by atoms with van der Waals surface area (Å²) in [4.78, 5) is 29.8. The van der Waals surface area contributed by atoms with Crippen LogP contribution in [0.25, 0.3) is 16.2 Å². The van der Waals surface area contributed by atoms with E-state index in [1.165, 1.54) is 17.4 Å². The van der Waals surface area contributed by atoms with Crippen LogP contribution in [0, 0.1) is 6.92 Å². The lowest BCUT2D eigenvalue weighted by atomic mass is 10.2. The Balaban J connectivity index is 1.66. The lowest BCUT2D eigenvalue weighted by Crippen LogP contribution is -2.14. The number of carbonyl (C=O) groups is 2. The minimum atomic E-state index is -1.09. The Morgan fingerprint density at radius 2 is 1.78 bits per heavy atom. The number of para-hydroxylation sites is 1. The van der Waals surface area contributed by atoms with Gasteiger partial charge in [-0.2, -0.15) is 0 Å². The van der Waals surface area contributed by atoms with E-state index in [1.807, 2.05) is 47.9 Å². The molecule has 2 N–H and O–H groups in total. The van der Waals surface area contributed by atoms with Gasteiger partial charge < -0.3 is 10.4 Å². The molecule has 4 rings (SSSR count). The van der Waals surface area contributed by atoms with Crippen LogP contribution in [-0.4, -0.2) is 26.4 Å². The highest BCUT2D eigenvalue weighted by atomic mass is 32.1. The van der Waals surface area contributed by atoms with Gasteiger partial charge >= 0.3 is 5.97 Å². The third-order valence-electron chi connectivity index (χ3n) is 4.24. The summed E-state index contributed by atoms with van der Waals surface area (Å²) in [6, 6.07) is 16.2. The first-order chi connectivity index (χ1) is 13.0. The predicted octanol–water partition coefficient (Wildman–Crippen LogP) is 4.32. The average Bonchev–Trinajstić information content (AvgIpc) is 3.22. The highest BCUT2D eigenvalue weighted by Crippen LogP contribution is 2.28. The molecule has 2 aromatic heterocycles. The molecule has 0 saturated carbocycles. The lowest BCUT2D eigenvalue weighted by Gasteiger charge is -2.07. The van der Waals surface area contributed by atoms with E-state index in [4.69, 9.17) is 0 Å². The molecule has 0 radical (unpaired) electrons. The summed E-state index contributed by atoms with van der Waals surface area (Å²) >= 11 is 1.27. The molecule has 0 atom stereocenters. The molecular formula is C20H15N3O3S. The summed E-state index contributed by atoms with van der Waals surface area (Å²) in [6.45, 7) is 1.85. The molecule has 7 heteroatoms. The van der Waals surface area contributed by atoms with Crippen LogP contribution in [0.3, 0.4) is 0 Å². The van der Waals surface area contributed by atoms with Gasteiger partial charge in [-0.05, 0) is 19.1 Å². The SMILES string of the molecule is Cc1c(C(=O)Nc2ccccc2C(=O)O)sc2nc(-c3ccccc3)cn12. The Morgan fingerprint density at radius 3 is 2.48 bits per heavy atom. The van der Waals surface area contributed by atoms with Crippen molar-refractivity contribution in [2.24, 2.45) is 0 Å². The summed E-state index contributed by atoms with van der Waals surface area (Å²) in [6.07, 6.45) is 1.90. The van der Waals surface area contributed by atoms with Gasteiger partial charge in [-0.15, -0.1) is 0 Å². The summed E-state index contributed by atoms with van der Waals surface area (Å²) in [5, 5.41) is 12.0. The first kappa shape index (κ1) is 17.0. The Bertz CT molecular complexity index is 1160. The molecule has 0 saturated heterocycles. The third-order valence-corrected chi connectivity index (χ3v) is 5.39. The number of hydrogen-bond donors (Lipinski definition) is 2. The smallest absolute Gasteiger partial charge is 0.337 e. The van der Waals surface area contributed by atoms with Gasteiger partial charge in [0.05, 0.1) is 16.9 Å². The number of imidazole rings is 1. The second-order valence-electron chi connectivity index (χ2n) is 5.97. The molecule has 0 aliphatic heterocycles. The van der Waals surface area contributed by atoms with Crippen molar-refractivity contribution in [3.05, 3.63) is 76.9 Å². The molecule has 2 aromatic carbocycles. The van der Waals surface area contributed by atoms with E-state index in [-0.39, 0.29) is 17.2 Å². The summed E-state index contributed by atoms with van der Waals surface area (Å²) in [5.41, 5.74) is 2.93. The molecule has 0 unspecified atom stereocenters. The van der Waals surface area contributed by atoms with E-state index in [1.54, 1.807) is 18.2 Å². The van der Waals surface area contributed by atoms with Crippen LogP contribution in [0.15, 0.2) is 60.8 Å². The van der Waals surface area contributed by atoms with E-state index in [2.05, 4.69) is 10.3 Å². The van der Waals surface area contributed by atoms with Crippen LogP contribution < -0.4 is 5.32 Å². The van der Waals surface area contributed by atoms with Crippen LogP contribution in [-0.2, 0) is 0 Å². The molecule has 0 spiro atoms. The van der Waals surface area contributed by atoms with Crippen LogP contribution in [0.2, 0.25) is 0 Å². The Kier molecular flexibility index (Phi) is 4.21. The van der Waals surface area contributed by atoms with Gasteiger partial charge in [0.15, 0.2) is 4.96 Å². The number of thiazole rings is 1. The number of carboxylic acid groups (broad SMARTS) is 1. The maximum atomic E-state index is 12.7.